The van der Waals surface area contributed by atoms with E-state index in [0.717, 1.165) is 48.5 Å². The first kappa shape index (κ1) is 27.2. The van der Waals surface area contributed by atoms with Crippen molar-refractivity contribution >= 4 is 71.7 Å². The van der Waals surface area contributed by atoms with Crippen LogP contribution in [0.3, 0.4) is 0 Å². The maximum absolute atomic E-state index is 13.0. The number of benzene rings is 1. The summed E-state index contributed by atoms with van der Waals surface area (Å²) in [4.78, 5) is 22.8. The molecule has 0 aliphatic carbocycles. The number of pyridine rings is 1. The molecule has 0 unspecified atom stereocenters. The molecule has 2 aliphatic rings. The number of Topliss-reactive ketones (excluding diaryl/α,β-unsaturated/α-hetero) is 1. The summed E-state index contributed by atoms with van der Waals surface area (Å²) in [7, 11) is 0. The van der Waals surface area contributed by atoms with E-state index in [2.05, 4.69) is 20.2 Å². The van der Waals surface area contributed by atoms with Gasteiger partial charge in [0.15, 0.2) is 5.76 Å². The highest BCUT2D eigenvalue weighted by molar-refractivity contribution is 6.33. The fraction of sp³-hybridized carbons (Fsp3) is 0.273. The first-order valence-corrected chi connectivity index (χ1v) is 10.3. The Balaban J connectivity index is 0.00000128. The molecule has 2 aromatic heterocycles. The lowest BCUT2D eigenvalue weighted by Gasteiger charge is -2.28. The zero-order valence-corrected chi connectivity index (χ0v) is 20.9. The number of carbonyl (C=O) groups is 1. The molecule has 178 valence electrons. The number of allylic oxidation sites excluding steroid dienone is 1. The van der Waals surface area contributed by atoms with Gasteiger partial charge in [0, 0.05) is 55.6 Å². The van der Waals surface area contributed by atoms with Crippen LogP contribution >= 0.6 is 48.8 Å². The molecule has 3 aromatic rings. The molecule has 0 bridgehead atoms. The van der Waals surface area contributed by atoms with Crippen molar-refractivity contribution in [3.8, 4) is 11.5 Å². The molecule has 7 nitrogen and oxygen atoms in total. The summed E-state index contributed by atoms with van der Waals surface area (Å²) in [5.41, 5.74) is 3.40. The van der Waals surface area contributed by atoms with E-state index in [0.29, 0.717) is 23.4 Å². The second-order valence-corrected chi connectivity index (χ2v) is 8.03. The van der Waals surface area contributed by atoms with Gasteiger partial charge in [-0.2, -0.15) is 0 Å². The van der Waals surface area contributed by atoms with E-state index in [4.69, 9.17) is 16.3 Å². The molecule has 0 spiro atoms. The number of carbonyl (C=O) groups excluding carboxylic acids is 1. The number of hydrogen-bond donors (Lipinski definition) is 3. The normalized spacial score (nSPS) is 16.5. The van der Waals surface area contributed by atoms with Crippen LogP contribution in [-0.2, 0) is 6.54 Å². The number of aromatic hydroxyl groups is 1. The summed E-state index contributed by atoms with van der Waals surface area (Å²) in [6, 6.07) is 5.37. The average molecular weight is 534 g/mol. The third kappa shape index (κ3) is 5.09. The summed E-state index contributed by atoms with van der Waals surface area (Å²) in [5, 5.41) is 15.0. The van der Waals surface area contributed by atoms with Crippen LogP contribution in [0, 0.1) is 6.92 Å². The van der Waals surface area contributed by atoms with Gasteiger partial charge in [-0.3, -0.25) is 9.69 Å². The molecular formula is C22H24Cl4N4O3. The van der Waals surface area contributed by atoms with Gasteiger partial charge in [-0.15, -0.1) is 37.2 Å². The lowest BCUT2D eigenvalue weighted by molar-refractivity contribution is 0.101. The summed E-state index contributed by atoms with van der Waals surface area (Å²) in [6.07, 6.45) is 3.51. The molecule has 33 heavy (non-hydrogen) atoms. The number of phenolic OH excluding ortho intramolecular Hbond substituents is 1. The van der Waals surface area contributed by atoms with Crippen LogP contribution in [0.15, 0.2) is 30.2 Å². The number of ether oxygens (including phenoxy) is 1. The summed E-state index contributed by atoms with van der Waals surface area (Å²) in [5.74, 6) is 0.313. The van der Waals surface area contributed by atoms with Crippen molar-refractivity contribution in [2.45, 2.75) is 13.5 Å². The smallest absolute Gasteiger partial charge is 0.232 e. The van der Waals surface area contributed by atoms with E-state index in [1.807, 2.05) is 19.1 Å². The monoisotopic (exact) mass is 532 g/mol. The first-order valence-electron chi connectivity index (χ1n) is 9.87. The molecule has 4 heterocycles. The van der Waals surface area contributed by atoms with Gasteiger partial charge in [0.1, 0.15) is 17.1 Å². The molecule has 0 radical (unpaired) electrons. The van der Waals surface area contributed by atoms with Crippen LogP contribution < -0.4 is 10.1 Å². The SMILES string of the molecule is Cc1ccc2c(C=C3Oc4c(cc(Cl)c(O)c4CN4CCNCC4)C3=O)c[nH]c2n1.Cl.Cl.Cl. The van der Waals surface area contributed by atoms with E-state index in [1.54, 1.807) is 12.3 Å². The Morgan fingerprint density at radius 1 is 1.24 bits per heavy atom. The summed E-state index contributed by atoms with van der Waals surface area (Å²) in [6.45, 7) is 5.84. The van der Waals surface area contributed by atoms with E-state index in [-0.39, 0.29) is 59.5 Å². The molecule has 2 aliphatic heterocycles. The Bertz CT molecular complexity index is 1210. The number of ketones is 1. The summed E-state index contributed by atoms with van der Waals surface area (Å²) >= 11 is 6.24. The van der Waals surface area contributed by atoms with Crippen LogP contribution in [0.2, 0.25) is 5.02 Å². The number of fused-ring (bicyclic) bond motifs is 2. The minimum absolute atomic E-state index is 0. The summed E-state index contributed by atoms with van der Waals surface area (Å²) < 4.78 is 5.99. The van der Waals surface area contributed by atoms with Gasteiger partial charge >= 0.3 is 0 Å². The lowest BCUT2D eigenvalue weighted by Crippen LogP contribution is -2.42. The number of aromatic nitrogens is 2. The van der Waals surface area contributed by atoms with Crippen LogP contribution in [0.5, 0.6) is 11.5 Å². The van der Waals surface area contributed by atoms with Crippen molar-refractivity contribution in [2.24, 2.45) is 0 Å². The number of hydrogen-bond acceptors (Lipinski definition) is 6. The number of halogens is 4. The van der Waals surface area contributed by atoms with Gasteiger partial charge in [-0.1, -0.05) is 11.6 Å². The largest absolute Gasteiger partial charge is 0.506 e. The number of nitrogens with one attached hydrogen (secondary N) is 2. The average Bonchev–Trinajstić information content (AvgIpc) is 3.27. The molecule has 1 aromatic carbocycles. The molecule has 0 saturated carbocycles. The van der Waals surface area contributed by atoms with Crippen LogP contribution in [0.1, 0.15) is 27.2 Å². The van der Waals surface area contributed by atoms with Crippen molar-refractivity contribution in [1.82, 2.24) is 20.2 Å². The first-order chi connectivity index (χ1) is 14.5. The van der Waals surface area contributed by atoms with Gasteiger partial charge in [0.05, 0.1) is 16.1 Å². The van der Waals surface area contributed by atoms with E-state index in [9.17, 15) is 9.90 Å². The second kappa shape index (κ2) is 11.0. The molecule has 1 fully saturated rings. The molecule has 1 saturated heterocycles. The number of aryl methyl sites for hydroxylation is 1. The zero-order valence-electron chi connectivity index (χ0n) is 17.7. The Morgan fingerprint density at radius 2 is 1.97 bits per heavy atom. The van der Waals surface area contributed by atoms with Crippen molar-refractivity contribution in [3.05, 3.63) is 57.6 Å². The van der Waals surface area contributed by atoms with Crippen molar-refractivity contribution in [2.75, 3.05) is 26.2 Å². The number of rotatable bonds is 3. The van der Waals surface area contributed by atoms with Crippen molar-refractivity contribution in [1.29, 1.82) is 0 Å². The van der Waals surface area contributed by atoms with Gasteiger partial charge in [0.2, 0.25) is 5.78 Å². The zero-order chi connectivity index (χ0) is 20.8. The van der Waals surface area contributed by atoms with Crippen LogP contribution in [-0.4, -0.2) is 51.9 Å². The molecule has 0 amide bonds. The molecule has 0 atom stereocenters. The van der Waals surface area contributed by atoms with Crippen LogP contribution in [0.25, 0.3) is 17.1 Å². The van der Waals surface area contributed by atoms with Gasteiger partial charge in [-0.05, 0) is 31.2 Å². The second-order valence-electron chi connectivity index (χ2n) is 7.62. The number of phenols is 1. The molecular weight excluding hydrogens is 510 g/mol. The fourth-order valence-corrected chi connectivity index (χ4v) is 4.19. The van der Waals surface area contributed by atoms with E-state index >= 15 is 0 Å². The Labute approximate surface area is 214 Å². The molecule has 3 N–H and O–H groups in total. The van der Waals surface area contributed by atoms with E-state index < -0.39 is 0 Å². The quantitative estimate of drug-likeness (QED) is 0.429. The van der Waals surface area contributed by atoms with Crippen molar-refractivity contribution in [3.63, 3.8) is 0 Å². The van der Waals surface area contributed by atoms with Crippen LogP contribution in [0.4, 0.5) is 0 Å². The van der Waals surface area contributed by atoms with Crippen molar-refractivity contribution < 1.29 is 14.6 Å². The Morgan fingerprint density at radius 3 is 2.70 bits per heavy atom. The predicted octanol–water partition coefficient (Wildman–Crippen LogP) is 4.52. The third-order valence-corrected chi connectivity index (χ3v) is 5.86. The molecule has 11 heteroatoms. The van der Waals surface area contributed by atoms with Gasteiger partial charge < -0.3 is 20.1 Å². The number of aromatic amines is 1. The Hall–Kier alpha value is -2.00. The maximum atomic E-state index is 13.0. The highest BCUT2D eigenvalue weighted by Crippen LogP contribution is 2.44. The highest BCUT2D eigenvalue weighted by atomic mass is 35.5. The minimum atomic E-state index is -0.247. The van der Waals surface area contributed by atoms with E-state index in [1.165, 1.54) is 6.07 Å². The number of H-pyrrole nitrogens is 1. The fourth-order valence-electron chi connectivity index (χ4n) is 3.97. The highest BCUT2D eigenvalue weighted by Gasteiger charge is 2.33. The number of piperazine rings is 1. The standard InChI is InChI=1S/C22H21ClN4O3.3ClH/c1-12-2-3-14-13(10-25-22(14)26-12)8-18-20(29)15-9-17(23)19(28)16(21(15)30-18)11-27-6-4-24-5-7-27;;;/h2-3,8-10,24,28H,4-7,11H2,1H3,(H,25,26);3*1H. The third-order valence-electron chi connectivity index (χ3n) is 5.57. The Kier molecular flexibility index (Phi) is 9.04. The molecule has 5 rings (SSSR count). The topological polar surface area (TPSA) is 90.5 Å². The van der Waals surface area contributed by atoms with Gasteiger partial charge in [-0.25, -0.2) is 4.98 Å². The number of nitrogens with zero attached hydrogens (tertiary/aromatic N) is 2. The lowest BCUT2D eigenvalue weighted by atomic mass is 10.0. The predicted molar refractivity (Wildman–Crippen MR) is 137 cm³/mol. The van der Waals surface area contributed by atoms with Gasteiger partial charge in [0.25, 0.3) is 0 Å². The minimum Gasteiger partial charge on any atom is -0.506 e. The maximum Gasteiger partial charge on any atom is 0.232 e.